The van der Waals surface area contributed by atoms with Crippen LogP contribution < -0.4 is 9.47 Å². The molecule has 1 atom stereocenters. The first kappa shape index (κ1) is 21.1. The molecule has 1 aromatic heterocycles. The second-order valence-electron chi connectivity index (χ2n) is 7.60. The number of ether oxygens (including phenoxy) is 2. The van der Waals surface area contributed by atoms with Gasteiger partial charge in [0, 0.05) is 30.5 Å². The predicted octanol–water partition coefficient (Wildman–Crippen LogP) is 4.11. The van der Waals surface area contributed by atoms with Crippen LogP contribution in [-0.4, -0.2) is 47.8 Å². The molecule has 1 fully saturated rings. The Balaban J connectivity index is 1.69. The zero-order chi connectivity index (χ0) is 20.8. The number of hydrogen-bond acceptors (Lipinski definition) is 6. The van der Waals surface area contributed by atoms with E-state index in [4.69, 9.17) is 14.0 Å². The van der Waals surface area contributed by atoms with Crippen molar-refractivity contribution < 1.29 is 18.8 Å². The van der Waals surface area contributed by atoms with Gasteiger partial charge in [0.15, 0.2) is 11.5 Å². The highest BCUT2D eigenvalue weighted by atomic mass is 16.5. The molecular weight excluding hydrogens is 370 g/mol. The van der Waals surface area contributed by atoms with Gasteiger partial charge < -0.3 is 18.9 Å². The molecule has 1 aliphatic carbocycles. The fraction of sp³-hybridized carbons (Fsp3) is 0.591. The van der Waals surface area contributed by atoms with Crippen molar-refractivity contribution in [3.8, 4) is 22.9 Å². The number of carbonyl (C=O) groups excluding carboxylic acids is 1. The Kier molecular flexibility index (Phi) is 7.12. The highest BCUT2D eigenvalue weighted by molar-refractivity contribution is 5.79. The molecule has 0 N–H and O–H groups in total. The standard InChI is InChI=1S/C22H31N3O4/c1-5-15(2)25(22(26)16-8-6-7-9-16)13-12-20-23-21(24-29-20)17-10-11-18(27-3)19(14-17)28-4/h10-11,14-16H,5-9,12-13H2,1-4H3/t15-/m1/s1. The lowest BCUT2D eigenvalue weighted by atomic mass is 10.0. The van der Waals surface area contributed by atoms with E-state index in [1.165, 1.54) is 0 Å². The molecule has 0 radical (unpaired) electrons. The van der Waals surface area contributed by atoms with Crippen LogP contribution in [0.4, 0.5) is 0 Å². The Hall–Kier alpha value is -2.57. The number of benzene rings is 1. The molecular formula is C22H31N3O4. The van der Waals surface area contributed by atoms with Gasteiger partial charge in [-0.15, -0.1) is 0 Å². The third-order valence-electron chi connectivity index (χ3n) is 5.79. The summed E-state index contributed by atoms with van der Waals surface area (Å²) < 4.78 is 16.1. The van der Waals surface area contributed by atoms with Crippen LogP contribution in [0.1, 0.15) is 51.8 Å². The highest BCUT2D eigenvalue weighted by Gasteiger charge is 2.29. The molecule has 1 saturated carbocycles. The molecule has 2 aromatic rings. The quantitative estimate of drug-likeness (QED) is 0.629. The summed E-state index contributed by atoms with van der Waals surface area (Å²) in [6.07, 6.45) is 5.81. The Morgan fingerprint density at radius 2 is 1.97 bits per heavy atom. The van der Waals surface area contributed by atoms with Gasteiger partial charge in [0.25, 0.3) is 0 Å². The van der Waals surface area contributed by atoms with E-state index >= 15 is 0 Å². The van der Waals surface area contributed by atoms with E-state index in [1.807, 2.05) is 23.1 Å². The Labute approximate surface area is 172 Å². The molecule has 1 heterocycles. The smallest absolute Gasteiger partial charge is 0.228 e. The zero-order valence-corrected chi connectivity index (χ0v) is 17.8. The summed E-state index contributed by atoms with van der Waals surface area (Å²) in [5.74, 6) is 2.74. The fourth-order valence-corrected chi connectivity index (χ4v) is 3.84. The maximum absolute atomic E-state index is 13.0. The minimum absolute atomic E-state index is 0.175. The normalized spacial score (nSPS) is 15.3. The number of methoxy groups -OCH3 is 2. The number of amides is 1. The van der Waals surface area contributed by atoms with Gasteiger partial charge in [0.2, 0.25) is 17.6 Å². The van der Waals surface area contributed by atoms with E-state index < -0.39 is 0 Å². The first-order chi connectivity index (χ1) is 14.1. The van der Waals surface area contributed by atoms with Crippen molar-refractivity contribution >= 4 is 5.91 Å². The largest absolute Gasteiger partial charge is 0.493 e. The van der Waals surface area contributed by atoms with E-state index in [-0.39, 0.29) is 17.9 Å². The van der Waals surface area contributed by atoms with Crippen LogP contribution in [-0.2, 0) is 11.2 Å². The maximum atomic E-state index is 13.0. The molecule has 1 amide bonds. The molecule has 0 spiro atoms. The first-order valence-electron chi connectivity index (χ1n) is 10.4. The van der Waals surface area contributed by atoms with Crippen molar-refractivity contribution in [3.63, 3.8) is 0 Å². The molecule has 0 aliphatic heterocycles. The summed E-state index contributed by atoms with van der Waals surface area (Å²) in [6.45, 7) is 4.81. The number of nitrogens with zero attached hydrogens (tertiary/aromatic N) is 3. The molecule has 7 heteroatoms. The summed E-state index contributed by atoms with van der Waals surface area (Å²) >= 11 is 0. The van der Waals surface area contributed by atoms with Crippen molar-refractivity contribution in [2.24, 2.45) is 5.92 Å². The molecule has 158 valence electrons. The summed E-state index contributed by atoms with van der Waals surface area (Å²) in [7, 11) is 3.19. The highest BCUT2D eigenvalue weighted by Crippen LogP contribution is 2.31. The van der Waals surface area contributed by atoms with E-state index in [9.17, 15) is 4.79 Å². The van der Waals surface area contributed by atoms with Gasteiger partial charge in [-0.25, -0.2) is 0 Å². The van der Waals surface area contributed by atoms with Crippen molar-refractivity contribution in [1.29, 1.82) is 0 Å². The minimum Gasteiger partial charge on any atom is -0.493 e. The van der Waals surface area contributed by atoms with Crippen molar-refractivity contribution in [2.45, 2.75) is 58.4 Å². The molecule has 29 heavy (non-hydrogen) atoms. The summed E-state index contributed by atoms with van der Waals surface area (Å²) in [5, 5.41) is 4.10. The van der Waals surface area contributed by atoms with Gasteiger partial charge in [-0.05, 0) is 44.4 Å². The third-order valence-corrected chi connectivity index (χ3v) is 5.79. The average Bonchev–Trinajstić information content (AvgIpc) is 3.45. The monoisotopic (exact) mass is 401 g/mol. The van der Waals surface area contributed by atoms with Crippen LogP contribution in [0.5, 0.6) is 11.5 Å². The van der Waals surface area contributed by atoms with Crippen molar-refractivity contribution in [2.75, 3.05) is 20.8 Å². The number of carbonyl (C=O) groups is 1. The van der Waals surface area contributed by atoms with E-state index in [0.29, 0.717) is 36.2 Å². The van der Waals surface area contributed by atoms with Crippen LogP contribution >= 0.6 is 0 Å². The van der Waals surface area contributed by atoms with Gasteiger partial charge >= 0.3 is 0 Å². The van der Waals surface area contributed by atoms with Crippen LogP contribution in [0.3, 0.4) is 0 Å². The summed E-state index contributed by atoms with van der Waals surface area (Å²) in [6, 6.07) is 5.71. The SMILES string of the molecule is CC[C@@H](C)N(CCc1nc(-c2ccc(OC)c(OC)c2)no1)C(=O)C1CCCC1. The van der Waals surface area contributed by atoms with Crippen LogP contribution in [0.25, 0.3) is 11.4 Å². The van der Waals surface area contributed by atoms with Gasteiger partial charge in [0.05, 0.1) is 14.2 Å². The van der Waals surface area contributed by atoms with Gasteiger partial charge in [-0.2, -0.15) is 4.98 Å². The lowest BCUT2D eigenvalue weighted by molar-refractivity contribution is -0.137. The van der Waals surface area contributed by atoms with Crippen molar-refractivity contribution in [3.05, 3.63) is 24.1 Å². The van der Waals surface area contributed by atoms with E-state index in [0.717, 1.165) is 37.7 Å². The van der Waals surface area contributed by atoms with Gasteiger partial charge in [-0.3, -0.25) is 4.79 Å². The number of hydrogen-bond donors (Lipinski definition) is 0. The van der Waals surface area contributed by atoms with E-state index in [2.05, 4.69) is 24.0 Å². The molecule has 1 aliphatic rings. The average molecular weight is 402 g/mol. The number of rotatable bonds is 9. The van der Waals surface area contributed by atoms with Crippen molar-refractivity contribution in [1.82, 2.24) is 15.0 Å². The third kappa shape index (κ3) is 4.89. The minimum atomic E-state index is 0.175. The number of aromatic nitrogens is 2. The molecule has 7 nitrogen and oxygen atoms in total. The van der Waals surface area contributed by atoms with Crippen LogP contribution in [0.2, 0.25) is 0 Å². The van der Waals surface area contributed by atoms with Gasteiger partial charge in [-0.1, -0.05) is 24.9 Å². The predicted molar refractivity (Wildman–Crippen MR) is 110 cm³/mol. The zero-order valence-electron chi connectivity index (χ0n) is 17.8. The lowest BCUT2D eigenvalue weighted by Crippen LogP contribution is -2.42. The Morgan fingerprint density at radius 1 is 1.24 bits per heavy atom. The molecule has 0 saturated heterocycles. The first-order valence-corrected chi connectivity index (χ1v) is 10.4. The molecule has 1 aromatic carbocycles. The fourth-order valence-electron chi connectivity index (χ4n) is 3.84. The Bertz CT molecular complexity index is 814. The second kappa shape index (κ2) is 9.76. The molecule has 0 unspecified atom stereocenters. The van der Waals surface area contributed by atoms with Crippen LogP contribution in [0.15, 0.2) is 22.7 Å². The van der Waals surface area contributed by atoms with Gasteiger partial charge in [0.1, 0.15) is 0 Å². The summed E-state index contributed by atoms with van der Waals surface area (Å²) in [5.41, 5.74) is 0.790. The van der Waals surface area contributed by atoms with Crippen LogP contribution in [0, 0.1) is 5.92 Å². The topological polar surface area (TPSA) is 77.7 Å². The molecule has 3 rings (SSSR count). The summed E-state index contributed by atoms with van der Waals surface area (Å²) in [4.78, 5) is 19.5. The Morgan fingerprint density at radius 3 is 2.62 bits per heavy atom. The second-order valence-corrected chi connectivity index (χ2v) is 7.60. The molecule has 0 bridgehead atoms. The maximum Gasteiger partial charge on any atom is 0.228 e. The lowest BCUT2D eigenvalue weighted by Gasteiger charge is -2.30. The van der Waals surface area contributed by atoms with E-state index in [1.54, 1.807) is 14.2 Å².